The van der Waals surface area contributed by atoms with Crippen molar-refractivity contribution in [2.24, 2.45) is 11.8 Å². The molecule has 2 aliphatic rings. The molecule has 2 fully saturated rings. The Balaban J connectivity index is 1.55. The fourth-order valence-corrected chi connectivity index (χ4v) is 5.17. The quantitative estimate of drug-likeness (QED) is 0.752. The molecule has 5 nitrogen and oxygen atoms in total. The molecule has 1 aromatic carbocycles. The number of piperidine rings is 1. The van der Waals surface area contributed by atoms with Gasteiger partial charge in [0, 0.05) is 24.5 Å². The van der Waals surface area contributed by atoms with Crippen LogP contribution in [0, 0.1) is 11.8 Å². The molecule has 2 amide bonds. The van der Waals surface area contributed by atoms with Gasteiger partial charge in [0.25, 0.3) is 5.91 Å². The molecule has 2 aromatic rings. The number of hydrogen-bond acceptors (Lipinski definition) is 4. The van der Waals surface area contributed by atoms with Gasteiger partial charge < -0.3 is 10.2 Å². The van der Waals surface area contributed by atoms with Crippen LogP contribution >= 0.6 is 11.8 Å². The van der Waals surface area contributed by atoms with Crippen molar-refractivity contribution >= 4 is 34.5 Å². The zero-order chi connectivity index (χ0) is 20.5. The fourth-order valence-electron chi connectivity index (χ4n) is 4.22. The van der Waals surface area contributed by atoms with Gasteiger partial charge >= 0.3 is 0 Å². The van der Waals surface area contributed by atoms with Crippen molar-refractivity contribution in [1.29, 1.82) is 0 Å². The Morgan fingerprint density at radius 2 is 1.86 bits per heavy atom. The van der Waals surface area contributed by atoms with E-state index >= 15 is 0 Å². The second-order valence-corrected chi connectivity index (χ2v) is 10.1. The van der Waals surface area contributed by atoms with E-state index in [1.54, 1.807) is 0 Å². The topological polar surface area (TPSA) is 62.3 Å². The molecule has 0 bridgehead atoms. The van der Waals surface area contributed by atoms with Gasteiger partial charge in [-0.2, -0.15) is 0 Å². The minimum atomic E-state index is -0.236. The highest BCUT2D eigenvalue weighted by Crippen LogP contribution is 2.30. The summed E-state index contributed by atoms with van der Waals surface area (Å²) in [5.74, 6) is 1.19. The molecule has 29 heavy (non-hydrogen) atoms. The average Bonchev–Trinajstić information content (AvgIpc) is 3.49. The van der Waals surface area contributed by atoms with Crippen molar-refractivity contribution in [2.45, 2.75) is 56.4 Å². The van der Waals surface area contributed by atoms with Crippen LogP contribution in [0.4, 0.5) is 0 Å². The first kappa shape index (κ1) is 20.2. The standard InChI is InChI=1S/C23H29N3O2S/c1-14-10-15(2)13-26(12-14)23(28)16(3)29-21-11-19(22(27)24-17-8-9-17)18-6-4-5-7-20(18)25-21/h4-7,11,14-17H,8-10,12-13H2,1-3H3,(H,24,27). The van der Waals surface area contributed by atoms with Gasteiger partial charge in [0.05, 0.1) is 21.4 Å². The molecule has 154 valence electrons. The highest BCUT2D eigenvalue weighted by Gasteiger charge is 2.29. The third-order valence-corrected chi connectivity index (χ3v) is 6.68. The van der Waals surface area contributed by atoms with Crippen LogP contribution in [-0.2, 0) is 4.79 Å². The molecule has 1 aromatic heterocycles. The molecule has 1 aliphatic carbocycles. The molecule has 1 saturated carbocycles. The van der Waals surface area contributed by atoms with Gasteiger partial charge in [0.15, 0.2) is 0 Å². The Labute approximate surface area is 176 Å². The van der Waals surface area contributed by atoms with Crippen LogP contribution in [0.2, 0.25) is 0 Å². The van der Waals surface area contributed by atoms with Crippen molar-refractivity contribution in [3.63, 3.8) is 0 Å². The number of nitrogens with zero attached hydrogens (tertiary/aromatic N) is 2. The van der Waals surface area contributed by atoms with E-state index in [0.717, 1.165) is 41.9 Å². The van der Waals surface area contributed by atoms with E-state index in [0.29, 0.717) is 23.4 Å². The Morgan fingerprint density at radius 3 is 2.55 bits per heavy atom. The summed E-state index contributed by atoms with van der Waals surface area (Å²) in [6.45, 7) is 8.02. The molecule has 1 aliphatic heterocycles. The van der Waals surface area contributed by atoms with Gasteiger partial charge in [-0.1, -0.05) is 43.8 Å². The number of hydrogen-bond donors (Lipinski definition) is 1. The van der Waals surface area contributed by atoms with E-state index in [4.69, 9.17) is 4.98 Å². The lowest BCUT2D eigenvalue weighted by molar-refractivity contribution is -0.132. The maximum atomic E-state index is 13.0. The van der Waals surface area contributed by atoms with Crippen LogP contribution in [-0.4, -0.2) is 46.1 Å². The predicted octanol–water partition coefficient (Wildman–Crippen LogP) is 4.11. The lowest BCUT2D eigenvalue weighted by atomic mass is 9.92. The highest BCUT2D eigenvalue weighted by molar-refractivity contribution is 8.00. The average molecular weight is 412 g/mol. The molecule has 1 saturated heterocycles. The van der Waals surface area contributed by atoms with E-state index in [-0.39, 0.29) is 17.1 Å². The molecule has 3 atom stereocenters. The van der Waals surface area contributed by atoms with E-state index in [1.165, 1.54) is 18.2 Å². The van der Waals surface area contributed by atoms with E-state index < -0.39 is 0 Å². The molecule has 6 heteroatoms. The lowest BCUT2D eigenvalue weighted by Gasteiger charge is -2.36. The van der Waals surface area contributed by atoms with E-state index in [2.05, 4.69) is 19.2 Å². The van der Waals surface area contributed by atoms with Crippen LogP contribution < -0.4 is 5.32 Å². The molecule has 1 N–H and O–H groups in total. The van der Waals surface area contributed by atoms with E-state index in [9.17, 15) is 9.59 Å². The minimum Gasteiger partial charge on any atom is -0.349 e. The third-order valence-electron chi connectivity index (χ3n) is 5.68. The second kappa shape index (κ2) is 8.34. The first-order valence-electron chi connectivity index (χ1n) is 10.6. The van der Waals surface area contributed by atoms with Crippen molar-refractivity contribution in [1.82, 2.24) is 15.2 Å². The van der Waals surface area contributed by atoms with Gasteiger partial charge in [-0.3, -0.25) is 9.59 Å². The Morgan fingerprint density at radius 1 is 1.17 bits per heavy atom. The summed E-state index contributed by atoms with van der Waals surface area (Å²) in [5.41, 5.74) is 1.43. The van der Waals surface area contributed by atoms with Gasteiger partial charge in [-0.25, -0.2) is 4.98 Å². The Hall–Kier alpha value is -2.08. The molecule has 2 heterocycles. The molecular formula is C23H29N3O2S. The monoisotopic (exact) mass is 411 g/mol. The summed E-state index contributed by atoms with van der Waals surface area (Å²) in [4.78, 5) is 32.5. The number of carbonyl (C=O) groups excluding carboxylic acids is 2. The highest BCUT2D eigenvalue weighted by atomic mass is 32.2. The fraction of sp³-hybridized carbons (Fsp3) is 0.522. The van der Waals surface area contributed by atoms with Crippen molar-refractivity contribution in [3.05, 3.63) is 35.9 Å². The number of benzene rings is 1. The summed E-state index contributed by atoms with van der Waals surface area (Å²) < 4.78 is 0. The number of pyridine rings is 1. The van der Waals surface area contributed by atoms with Gasteiger partial charge in [-0.15, -0.1) is 0 Å². The molecule has 0 radical (unpaired) electrons. The number of carbonyl (C=O) groups is 2. The molecule has 4 rings (SSSR count). The zero-order valence-corrected chi connectivity index (χ0v) is 18.2. The van der Waals surface area contributed by atoms with Crippen LogP contribution in [0.15, 0.2) is 35.4 Å². The van der Waals surface area contributed by atoms with E-state index in [1.807, 2.05) is 42.2 Å². The normalized spacial score (nSPS) is 23.1. The Bertz CT molecular complexity index is 917. The van der Waals surface area contributed by atoms with Gasteiger partial charge in [-0.05, 0) is 50.2 Å². The number of thioether (sulfide) groups is 1. The van der Waals surface area contributed by atoms with Crippen molar-refractivity contribution < 1.29 is 9.59 Å². The minimum absolute atomic E-state index is 0.0504. The summed E-state index contributed by atoms with van der Waals surface area (Å²) >= 11 is 1.45. The molecule has 0 spiro atoms. The van der Waals surface area contributed by atoms with Crippen molar-refractivity contribution in [3.8, 4) is 0 Å². The maximum Gasteiger partial charge on any atom is 0.252 e. The molecule has 3 unspecified atom stereocenters. The van der Waals surface area contributed by atoms with Crippen LogP contribution in [0.1, 0.15) is 50.4 Å². The number of rotatable bonds is 5. The first-order chi connectivity index (χ1) is 13.9. The predicted molar refractivity (Wildman–Crippen MR) is 117 cm³/mol. The van der Waals surface area contributed by atoms with Gasteiger partial charge in [0.1, 0.15) is 0 Å². The lowest BCUT2D eigenvalue weighted by Crippen LogP contribution is -2.45. The second-order valence-electron chi connectivity index (χ2n) is 8.72. The third kappa shape index (κ3) is 4.74. The van der Waals surface area contributed by atoms with Crippen LogP contribution in [0.25, 0.3) is 10.9 Å². The van der Waals surface area contributed by atoms with Crippen molar-refractivity contribution in [2.75, 3.05) is 13.1 Å². The summed E-state index contributed by atoms with van der Waals surface area (Å²) in [6, 6.07) is 9.86. The number of likely N-dealkylation sites (tertiary alicyclic amines) is 1. The van der Waals surface area contributed by atoms with Crippen LogP contribution in [0.5, 0.6) is 0 Å². The summed E-state index contributed by atoms with van der Waals surface area (Å²) in [6.07, 6.45) is 3.28. The largest absolute Gasteiger partial charge is 0.349 e. The van der Waals surface area contributed by atoms with Gasteiger partial charge in [0.2, 0.25) is 5.91 Å². The smallest absolute Gasteiger partial charge is 0.252 e. The summed E-state index contributed by atoms with van der Waals surface area (Å²) in [5, 5.41) is 4.42. The number of para-hydroxylation sites is 1. The first-order valence-corrected chi connectivity index (χ1v) is 11.4. The number of aromatic nitrogens is 1. The maximum absolute atomic E-state index is 13.0. The zero-order valence-electron chi connectivity index (χ0n) is 17.4. The molecular weight excluding hydrogens is 382 g/mol. The number of fused-ring (bicyclic) bond motifs is 1. The Kier molecular flexibility index (Phi) is 5.81. The number of nitrogens with one attached hydrogen (secondary N) is 1. The number of amides is 2. The van der Waals surface area contributed by atoms with Crippen LogP contribution in [0.3, 0.4) is 0 Å². The SMILES string of the molecule is CC1CC(C)CN(C(=O)C(C)Sc2cc(C(=O)NC3CC3)c3ccccc3n2)C1. The summed E-state index contributed by atoms with van der Waals surface area (Å²) in [7, 11) is 0.